The summed E-state index contributed by atoms with van der Waals surface area (Å²) in [6.45, 7) is 0. The minimum Gasteiger partial charge on any atom is -0.618 e. The van der Waals surface area contributed by atoms with E-state index in [9.17, 15) is 10.0 Å². The molecule has 0 unspecified atom stereocenters. The summed E-state index contributed by atoms with van der Waals surface area (Å²) in [6, 6.07) is 14.0. The van der Waals surface area contributed by atoms with E-state index in [-0.39, 0.29) is 5.69 Å². The number of hydrogen-bond acceptors (Lipinski definition) is 5. The van der Waals surface area contributed by atoms with Crippen molar-refractivity contribution in [3.8, 4) is 6.07 Å². The molecular weight excluding hydrogens is 324 g/mol. The van der Waals surface area contributed by atoms with Gasteiger partial charge in [0.25, 0.3) is 5.69 Å². The number of carbonyl (C=O) groups is 1. The second kappa shape index (κ2) is 6.89. The molecule has 0 spiro atoms. The summed E-state index contributed by atoms with van der Waals surface area (Å²) in [7, 11) is 0. The van der Waals surface area contributed by atoms with Crippen LogP contribution >= 0.6 is 11.3 Å². The van der Waals surface area contributed by atoms with Crippen molar-refractivity contribution in [2.75, 3.05) is 5.32 Å². The Balaban J connectivity index is 1.68. The Hall–Kier alpha value is -3.24. The number of thiazole rings is 1. The fraction of sp³-hybridized carbons (Fsp3) is 0.0588. The van der Waals surface area contributed by atoms with Gasteiger partial charge in [-0.15, -0.1) is 11.3 Å². The van der Waals surface area contributed by atoms with Crippen molar-refractivity contribution < 1.29 is 9.52 Å². The predicted molar refractivity (Wildman–Crippen MR) is 89.4 cm³/mol. The summed E-state index contributed by atoms with van der Waals surface area (Å²) in [6.07, 6.45) is 3.62. The lowest BCUT2D eigenvalue weighted by Crippen LogP contribution is -2.36. The fourth-order valence-corrected chi connectivity index (χ4v) is 2.95. The molecule has 0 saturated carbocycles. The first-order chi connectivity index (χ1) is 11.7. The molecule has 118 valence electrons. The van der Waals surface area contributed by atoms with Crippen LogP contribution in [-0.4, -0.2) is 10.9 Å². The third-order valence-electron chi connectivity index (χ3n) is 3.29. The van der Waals surface area contributed by atoms with Gasteiger partial charge in [0, 0.05) is 29.6 Å². The van der Waals surface area contributed by atoms with Gasteiger partial charge in [-0.2, -0.15) is 9.99 Å². The minimum atomic E-state index is -0.495. The molecule has 0 radical (unpaired) electrons. The molecule has 2 aromatic heterocycles. The maximum atomic E-state index is 12.1. The molecule has 24 heavy (non-hydrogen) atoms. The van der Waals surface area contributed by atoms with Crippen molar-refractivity contribution in [1.29, 1.82) is 5.26 Å². The molecule has 1 N–H and O–H groups in total. The van der Waals surface area contributed by atoms with E-state index in [0.717, 1.165) is 10.4 Å². The van der Waals surface area contributed by atoms with Crippen LogP contribution in [0, 0.1) is 16.5 Å². The number of aromatic nitrogens is 2. The van der Waals surface area contributed by atoms with Gasteiger partial charge in [-0.3, -0.25) is 10.1 Å². The molecule has 0 bridgehead atoms. The topological polar surface area (TPSA) is 92.7 Å². The monoisotopic (exact) mass is 336 g/mol. The molecule has 3 aromatic rings. The SMILES string of the molecule is N#Cc1ccc(Cc2cnc(NC(=O)c3cccc[n+]3[O-])s2)cc1. The number of rotatable bonds is 4. The Morgan fingerprint density at radius 2 is 2.08 bits per heavy atom. The van der Waals surface area contributed by atoms with Crippen LogP contribution in [0.4, 0.5) is 5.13 Å². The van der Waals surface area contributed by atoms with E-state index in [0.29, 0.717) is 21.8 Å². The maximum absolute atomic E-state index is 12.1. The van der Waals surface area contributed by atoms with Crippen LogP contribution in [0.15, 0.2) is 54.9 Å². The van der Waals surface area contributed by atoms with Crippen LogP contribution in [0.1, 0.15) is 26.5 Å². The van der Waals surface area contributed by atoms with Crippen LogP contribution in [0.25, 0.3) is 0 Å². The number of anilines is 1. The lowest BCUT2D eigenvalue weighted by Gasteiger charge is -2.02. The van der Waals surface area contributed by atoms with Gasteiger partial charge in [-0.1, -0.05) is 12.1 Å². The molecule has 3 rings (SSSR count). The van der Waals surface area contributed by atoms with Crippen LogP contribution in [-0.2, 0) is 6.42 Å². The first kappa shape index (κ1) is 15.6. The van der Waals surface area contributed by atoms with Crippen molar-refractivity contribution in [1.82, 2.24) is 4.98 Å². The van der Waals surface area contributed by atoms with E-state index in [1.165, 1.54) is 23.6 Å². The molecule has 6 nitrogen and oxygen atoms in total. The highest BCUT2D eigenvalue weighted by Gasteiger charge is 2.16. The van der Waals surface area contributed by atoms with Crippen molar-refractivity contribution in [2.45, 2.75) is 6.42 Å². The van der Waals surface area contributed by atoms with E-state index in [1.807, 2.05) is 12.1 Å². The summed E-state index contributed by atoms with van der Waals surface area (Å²) in [5.74, 6) is -0.495. The van der Waals surface area contributed by atoms with E-state index in [1.54, 1.807) is 30.5 Å². The molecule has 2 heterocycles. The van der Waals surface area contributed by atoms with Crippen molar-refractivity contribution in [3.05, 3.63) is 81.8 Å². The van der Waals surface area contributed by atoms with Crippen molar-refractivity contribution in [2.24, 2.45) is 0 Å². The van der Waals surface area contributed by atoms with E-state index in [4.69, 9.17) is 5.26 Å². The molecule has 0 fully saturated rings. The summed E-state index contributed by atoms with van der Waals surface area (Å²) < 4.78 is 0.514. The Morgan fingerprint density at radius 1 is 1.29 bits per heavy atom. The zero-order chi connectivity index (χ0) is 16.9. The number of nitriles is 1. The Morgan fingerprint density at radius 3 is 2.79 bits per heavy atom. The molecule has 0 atom stereocenters. The fourth-order valence-electron chi connectivity index (χ4n) is 2.11. The average molecular weight is 336 g/mol. The van der Waals surface area contributed by atoms with Gasteiger partial charge < -0.3 is 5.21 Å². The number of carbonyl (C=O) groups excluding carboxylic acids is 1. The van der Waals surface area contributed by atoms with Crippen LogP contribution in [0.3, 0.4) is 0 Å². The number of nitrogens with zero attached hydrogens (tertiary/aromatic N) is 3. The van der Waals surface area contributed by atoms with Gasteiger partial charge >= 0.3 is 5.91 Å². The van der Waals surface area contributed by atoms with Crippen LogP contribution < -0.4 is 10.0 Å². The zero-order valence-electron chi connectivity index (χ0n) is 12.5. The normalized spacial score (nSPS) is 10.1. The van der Waals surface area contributed by atoms with Gasteiger partial charge in [0.1, 0.15) is 0 Å². The van der Waals surface area contributed by atoms with Crippen molar-refractivity contribution >= 4 is 22.4 Å². The minimum absolute atomic E-state index is 0.0151. The molecule has 0 aliphatic carbocycles. The van der Waals surface area contributed by atoms with Crippen LogP contribution in [0.2, 0.25) is 0 Å². The number of hydrogen-bond donors (Lipinski definition) is 1. The third-order valence-corrected chi connectivity index (χ3v) is 4.20. The maximum Gasteiger partial charge on any atom is 0.323 e. The highest BCUT2D eigenvalue weighted by molar-refractivity contribution is 7.15. The van der Waals surface area contributed by atoms with Gasteiger partial charge in [0.2, 0.25) is 0 Å². The first-order valence-corrected chi connectivity index (χ1v) is 7.90. The van der Waals surface area contributed by atoms with Gasteiger partial charge in [0.15, 0.2) is 11.3 Å². The smallest absolute Gasteiger partial charge is 0.323 e. The second-order valence-electron chi connectivity index (χ2n) is 4.98. The summed E-state index contributed by atoms with van der Waals surface area (Å²) >= 11 is 1.35. The molecule has 7 heteroatoms. The predicted octanol–water partition coefficient (Wildman–Crippen LogP) is 2.49. The quantitative estimate of drug-likeness (QED) is 0.585. The zero-order valence-corrected chi connectivity index (χ0v) is 13.3. The Kier molecular flexibility index (Phi) is 4.50. The van der Waals surface area contributed by atoms with Crippen molar-refractivity contribution in [3.63, 3.8) is 0 Å². The summed E-state index contributed by atoms with van der Waals surface area (Å²) in [4.78, 5) is 17.2. The lowest BCUT2D eigenvalue weighted by atomic mass is 10.1. The average Bonchev–Trinajstić information content (AvgIpc) is 3.02. The molecule has 1 aromatic carbocycles. The first-order valence-electron chi connectivity index (χ1n) is 7.09. The molecule has 0 saturated heterocycles. The van der Waals surface area contributed by atoms with Gasteiger partial charge in [-0.05, 0) is 23.8 Å². The Bertz CT molecular complexity index is 913. The second-order valence-corrected chi connectivity index (χ2v) is 6.10. The van der Waals surface area contributed by atoms with Gasteiger partial charge in [-0.25, -0.2) is 4.98 Å². The highest BCUT2D eigenvalue weighted by Crippen LogP contribution is 2.21. The molecule has 0 aliphatic rings. The molecule has 1 amide bonds. The third kappa shape index (κ3) is 3.56. The number of nitrogens with one attached hydrogen (secondary N) is 1. The molecular formula is C17H12N4O2S. The van der Waals surface area contributed by atoms with Crippen LogP contribution in [0.5, 0.6) is 0 Å². The van der Waals surface area contributed by atoms with Gasteiger partial charge in [0.05, 0.1) is 11.6 Å². The number of amides is 1. The van der Waals surface area contributed by atoms with E-state index in [2.05, 4.69) is 16.4 Å². The van der Waals surface area contributed by atoms with E-state index >= 15 is 0 Å². The Labute approximate surface area is 142 Å². The largest absolute Gasteiger partial charge is 0.618 e. The summed E-state index contributed by atoms with van der Waals surface area (Å²) in [5, 5.41) is 23.4. The lowest BCUT2D eigenvalue weighted by molar-refractivity contribution is -0.607. The number of benzene rings is 1. The molecule has 0 aliphatic heterocycles. The summed E-state index contributed by atoms with van der Waals surface area (Å²) in [5.41, 5.74) is 1.68. The highest BCUT2D eigenvalue weighted by atomic mass is 32.1. The standard InChI is InChI=1S/C17H12N4O2S/c18-10-13-6-4-12(5-7-13)9-14-11-19-17(24-14)20-16(22)15-3-1-2-8-21(15)23/h1-8,11H,9H2,(H,19,20,22). The number of pyridine rings is 1. The van der Waals surface area contributed by atoms with E-state index < -0.39 is 5.91 Å².